The molecule has 1 aromatic rings. The zero-order chi connectivity index (χ0) is 11.1. The Kier molecular flexibility index (Phi) is 4.98. The van der Waals surface area contributed by atoms with E-state index in [2.05, 4.69) is 0 Å². The molecule has 1 aromatic carbocycles. The second kappa shape index (κ2) is 6.30. The first-order valence-electron chi connectivity index (χ1n) is 5.39. The topological polar surface area (TPSA) is 38.7 Å². The van der Waals surface area contributed by atoms with E-state index in [4.69, 9.17) is 14.6 Å². The number of fused-ring (bicyclic) bond motifs is 1. The largest absolute Gasteiger partial charge is 0.490 e. The highest BCUT2D eigenvalue weighted by Crippen LogP contribution is 2.30. The van der Waals surface area contributed by atoms with Crippen LogP contribution in [-0.2, 0) is 6.61 Å². The van der Waals surface area contributed by atoms with Crippen LogP contribution < -0.4 is 9.47 Å². The Balaban J connectivity index is 0.000000531. The summed E-state index contributed by atoms with van der Waals surface area (Å²) in [5.41, 5.74) is 0.851. The summed E-state index contributed by atoms with van der Waals surface area (Å²) in [7, 11) is 0. The van der Waals surface area contributed by atoms with E-state index in [1.54, 1.807) is 0 Å². The van der Waals surface area contributed by atoms with Crippen LogP contribution in [0.4, 0.5) is 0 Å². The molecule has 0 saturated carbocycles. The molecule has 1 aliphatic heterocycles. The lowest BCUT2D eigenvalue weighted by Crippen LogP contribution is -1.97. The maximum absolute atomic E-state index is 8.91. The Labute approximate surface area is 90.6 Å². The van der Waals surface area contributed by atoms with Gasteiger partial charge in [-0.1, -0.05) is 19.9 Å². The molecule has 1 N–H and O–H groups in total. The summed E-state index contributed by atoms with van der Waals surface area (Å²) in [6.45, 7) is 5.42. The molecule has 3 heteroatoms. The molecule has 2 rings (SSSR count). The molecule has 0 aromatic heterocycles. The SMILES string of the molecule is CC.OCc1ccc2c(c1)OCCCO2. The number of aliphatic hydroxyl groups is 1. The highest BCUT2D eigenvalue weighted by molar-refractivity contribution is 5.43. The Hall–Kier alpha value is -1.22. The minimum Gasteiger partial charge on any atom is -0.490 e. The van der Waals surface area contributed by atoms with E-state index in [0.29, 0.717) is 13.2 Å². The van der Waals surface area contributed by atoms with E-state index in [1.807, 2.05) is 32.0 Å². The van der Waals surface area contributed by atoms with Crippen LogP contribution in [0, 0.1) is 0 Å². The molecule has 1 heterocycles. The van der Waals surface area contributed by atoms with E-state index in [0.717, 1.165) is 23.5 Å². The van der Waals surface area contributed by atoms with Crippen molar-refractivity contribution in [1.82, 2.24) is 0 Å². The summed E-state index contributed by atoms with van der Waals surface area (Å²) in [4.78, 5) is 0. The van der Waals surface area contributed by atoms with Crippen LogP contribution in [0.15, 0.2) is 18.2 Å². The summed E-state index contributed by atoms with van der Waals surface area (Å²) in [6, 6.07) is 5.50. The third-order valence-corrected chi connectivity index (χ3v) is 1.99. The van der Waals surface area contributed by atoms with Crippen molar-refractivity contribution < 1.29 is 14.6 Å². The normalized spacial score (nSPS) is 13.5. The quantitative estimate of drug-likeness (QED) is 0.773. The van der Waals surface area contributed by atoms with E-state index < -0.39 is 0 Å². The summed E-state index contributed by atoms with van der Waals surface area (Å²) >= 11 is 0. The first-order valence-corrected chi connectivity index (χ1v) is 5.39. The molecule has 3 nitrogen and oxygen atoms in total. The van der Waals surface area contributed by atoms with Crippen LogP contribution >= 0.6 is 0 Å². The lowest BCUT2D eigenvalue weighted by molar-refractivity contribution is 0.279. The van der Waals surface area contributed by atoms with Gasteiger partial charge in [0.1, 0.15) is 0 Å². The maximum atomic E-state index is 8.91. The molecule has 84 valence electrons. The van der Waals surface area contributed by atoms with Gasteiger partial charge in [-0.15, -0.1) is 0 Å². The van der Waals surface area contributed by atoms with E-state index in [-0.39, 0.29) is 6.61 Å². The van der Waals surface area contributed by atoms with Gasteiger partial charge in [0.15, 0.2) is 11.5 Å². The number of rotatable bonds is 1. The molecular weight excluding hydrogens is 192 g/mol. The van der Waals surface area contributed by atoms with Gasteiger partial charge in [0.2, 0.25) is 0 Å². The molecule has 0 radical (unpaired) electrons. The van der Waals surface area contributed by atoms with Crippen LogP contribution in [0.25, 0.3) is 0 Å². The Bertz CT molecular complexity index is 297. The van der Waals surface area contributed by atoms with E-state index in [9.17, 15) is 0 Å². The van der Waals surface area contributed by atoms with Crippen molar-refractivity contribution in [2.75, 3.05) is 13.2 Å². The van der Waals surface area contributed by atoms with Gasteiger partial charge in [0.05, 0.1) is 19.8 Å². The van der Waals surface area contributed by atoms with Gasteiger partial charge < -0.3 is 14.6 Å². The molecule has 0 spiro atoms. The van der Waals surface area contributed by atoms with E-state index in [1.165, 1.54) is 0 Å². The monoisotopic (exact) mass is 210 g/mol. The predicted octanol–water partition coefficient (Wildman–Crippen LogP) is 2.37. The highest BCUT2D eigenvalue weighted by Gasteiger charge is 2.09. The first kappa shape index (κ1) is 11.9. The van der Waals surface area contributed by atoms with Gasteiger partial charge in [-0.3, -0.25) is 0 Å². The molecule has 0 saturated heterocycles. The van der Waals surface area contributed by atoms with Crippen LogP contribution in [0.2, 0.25) is 0 Å². The van der Waals surface area contributed by atoms with Crippen LogP contribution in [-0.4, -0.2) is 18.3 Å². The standard InChI is InChI=1S/C10H12O3.C2H6/c11-7-8-2-3-9-10(6-8)13-5-1-4-12-9;1-2/h2-3,6,11H,1,4-5,7H2;1-2H3. The van der Waals surface area contributed by atoms with Gasteiger partial charge in [-0.25, -0.2) is 0 Å². The number of ether oxygens (including phenoxy) is 2. The van der Waals surface area contributed by atoms with Crippen molar-refractivity contribution in [2.45, 2.75) is 26.9 Å². The number of hydrogen-bond acceptors (Lipinski definition) is 3. The fraction of sp³-hybridized carbons (Fsp3) is 0.500. The number of benzene rings is 1. The number of hydrogen-bond donors (Lipinski definition) is 1. The zero-order valence-electron chi connectivity index (χ0n) is 9.32. The summed E-state index contributed by atoms with van der Waals surface area (Å²) < 4.78 is 10.9. The van der Waals surface area contributed by atoms with Crippen molar-refractivity contribution in [3.8, 4) is 11.5 Å². The van der Waals surface area contributed by atoms with Crippen molar-refractivity contribution in [2.24, 2.45) is 0 Å². The molecule has 15 heavy (non-hydrogen) atoms. The first-order chi connectivity index (χ1) is 7.40. The lowest BCUT2D eigenvalue weighted by atomic mass is 10.2. The van der Waals surface area contributed by atoms with Gasteiger partial charge in [0.25, 0.3) is 0 Å². The molecule has 1 aliphatic rings. The van der Waals surface area contributed by atoms with Crippen LogP contribution in [0.5, 0.6) is 11.5 Å². The van der Waals surface area contributed by atoms with Gasteiger partial charge in [-0.05, 0) is 17.7 Å². The van der Waals surface area contributed by atoms with Gasteiger partial charge in [0, 0.05) is 6.42 Å². The fourth-order valence-corrected chi connectivity index (χ4v) is 1.31. The molecule has 0 amide bonds. The second-order valence-corrected chi connectivity index (χ2v) is 2.99. The smallest absolute Gasteiger partial charge is 0.161 e. The molecule has 0 atom stereocenters. The third kappa shape index (κ3) is 3.13. The zero-order valence-corrected chi connectivity index (χ0v) is 9.32. The van der Waals surface area contributed by atoms with Crippen molar-refractivity contribution in [1.29, 1.82) is 0 Å². The van der Waals surface area contributed by atoms with Crippen molar-refractivity contribution in [3.05, 3.63) is 23.8 Å². The Morgan fingerprint density at radius 3 is 2.47 bits per heavy atom. The van der Waals surface area contributed by atoms with Gasteiger partial charge in [-0.2, -0.15) is 0 Å². The van der Waals surface area contributed by atoms with Crippen molar-refractivity contribution >= 4 is 0 Å². The minimum absolute atomic E-state index is 0.0383. The molecular formula is C12H18O3. The summed E-state index contributed by atoms with van der Waals surface area (Å²) in [6.07, 6.45) is 0.906. The molecule has 0 aliphatic carbocycles. The minimum atomic E-state index is 0.0383. The third-order valence-electron chi connectivity index (χ3n) is 1.99. The molecule has 0 bridgehead atoms. The highest BCUT2D eigenvalue weighted by atomic mass is 16.5. The predicted molar refractivity (Wildman–Crippen MR) is 59.3 cm³/mol. The fourth-order valence-electron chi connectivity index (χ4n) is 1.31. The molecule has 0 fully saturated rings. The van der Waals surface area contributed by atoms with Crippen molar-refractivity contribution in [3.63, 3.8) is 0 Å². The molecule has 0 unspecified atom stereocenters. The average molecular weight is 210 g/mol. The van der Waals surface area contributed by atoms with Crippen LogP contribution in [0.1, 0.15) is 25.8 Å². The Morgan fingerprint density at radius 2 is 1.80 bits per heavy atom. The van der Waals surface area contributed by atoms with Gasteiger partial charge >= 0.3 is 0 Å². The summed E-state index contributed by atoms with van der Waals surface area (Å²) in [5, 5.41) is 8.91. The second-order valence-electron chi connectivity index (χ2n) is 2.99. The maximum Gasteiger partial charge on any atom is 0.161 e. The van der Waals surface area contributed by atoms with Crippen LogP contribution in [0.3, 0.4) is 0 Å². The van der Waals surface area contributed by atoms with E-state index >= 15 is 0 Å². The lowest BCUT2D eigenvalue weighted by Gasteiger charge is -2.07. The summed E-state index contributed by atoms with van der Waals surface area (Å²) in [5.74, 6) is 1.51. The number of aliphatic hydroxyl groups excluding tert-OH is 1. The Morgan fingerprint density at radius 1 is 1.13 bits per heavy atom. The average Bonchev–Trinajstić information content (AvgIpc) is 2.55.